The predicted octanol–water partition coefficient (Wildman–Crippen LogP) is 3.87. The average Bonchev–Trinajstić information content (AvgIpc) is 3.29. The first-order chi connectivity index (χ1) is 19.9. The summed E-state index contributed by atoms with van der Waals surface area (Å²) in [5.74, 6) is -0.994. The third-order valence-corrected chi connectivity index (χ3v) is 9.09. The Balaban J connectivity index is 1.03. The number of imide groups is 1. The topological polar surface area (TPSA) is 90.0 Å². The molecule has 41 heavy (non-hydrogen) atoms. The van der Waals surface area contributed by atoms with Crippen molar-refractivity contribution >= 4 is 35.2 Å². The number of amides is 4. The first-order valence-corrected chi connectivity index (χ1v) is 14.4. The fourth-order valence-electron chi connectivity index (χ4n) is 6.82. The second-order valence-electron chi connectivity index (χ2n) is 11.4. The molecular weight excluding hydrogens is 540 g/mol. The summed E-state index contributed by atoms with van der Waals surface area (Å²) >= 11 is 6.10. The van der Waals surface area contributed by atoms with Crippen molar-refractivity contribution in [3.8, 4) is 11.1 Å². The monoisotopic (exact) mass is 568 g/mol. The molecule has 4 amide bonds. The normalized spacial score (nSPS) is 23.7. The Bertz CT molecular complexity index is 1580. The smallest absolute Gasteiger partial charge is 0.255 e. The van der Waals surface area contributed by atoms with Crippen molar-refractivity contribution in [2.24, 2.45) is 0 Å². The number of nitrogens with one attached hydrogen (secondary N) is 1. The number of halogens is 1. The summed E-state index contributed by atoms with van der Waals surface area (Å²) in [4.78, 5) is 56.5. The SMILES string of the molecule is O=C1CCC(N2Cc3cc(C(=O)N4C5CC4CN(Cc4ccccc4-c4ccc(Cl)cc4)C5)ccc3C2=O)C(=O)N1. The second kappa shape index (κ2) is 10.1. The molecule has 208 valence electrons. The number of piperidine rings is 2. The van der Waals surface area contributed by atoms with Gasteiger partial charge in [0.1, 0.15) is 6.04 Å². The Morgan fingerprint density at radius 2 is 1.68 bits per heavy atom. The van der Waals surface area contributed by atoms with Gasteiger partial charge in [0.15, 0.2) is 0 Å². The van der Waals surface area contributed by atoms with Gasteiger partial charge >= 0.3 is 0 Å². The molecule has 8 rings (SSSR count). The van der Waals surface area contributed by atoms with E-state index < -0.39 is 11.9 Å². The molecule has 0 saturated carbocycles. The highest BCUT2D eigenvalue weighted by atomic mass is 35.5. The summed E-state index contributed by atoms with van der Waals surface area (Å²) in [6, 6.07) is 21.2. The van der Waals surface area contributed by atoms with E-state index in [4.69, 9.17) is 11.6 Å². The quantitative estimate of drug-likeness (QED) is 0.472. The lowest BCUT2D eigenvalue weighted by atomic mass is 9.85. The van der Waals surface area contributed by atoms with Gasteiger partial charge in [0.2, 0.25) is 11.8 Å². The van der Waals surface area contributed by atoms with Crippen LogP contribution >= 0.6 is 11.6 Å². The largest absolute Gasteiger partial charge is 0.330 e. The zero-order valence-corrected chi connectivity index (χ0v) is 23.1. The van der Waals surface area contributed by atoms with E-state index in [1.165, 1.54) is 16.0 Å². The van der Waals surface area contributed by atoms with Crippen LogP contribution in [0.15, 0.2) is 66.7 Å². The van der Waals surface area contributed by atoms with Gasteiger partial charge < -0.3 is 9.80 Å². The fourth-order valence-corrected chi connectivity index (χ4v) is 6.95. The van der Waals surface area contributed by atoms with Gasteiger partial charge in [-0.05, 0) is 65.4 Å². The van der Waals surface area contributed by atoms with Gasteiger partial charge in [-0.3, -0.25) is 29.4 Å². The van der Waals surface area contributed by atoms with E-state index in [-0.39, 0.29) is 42.8 Å². The first-order valence-electron chi connectivity index (χ1n) is 14.0. The number of benzene rings is 3. The molecule has 4 saturated heterocycles. The lowest BCUT2D eigenvalue weighted by molar-refractivity contribution is -0.136. The minimum atomic E-state index is -0.669. The zero-order chi connectivity index (χ0) is 28.2. The highest BCUT2D eigenvalue weighted by Gasteiger charge is 2.47. The molecule has 5 aliphatic heterocycles. The molecule has 0 spiro atoms. The van der Waals surface area contributed by atoms with E-state index in [0.29, 0.717) is 22.6 Å². The molecule has 3 atom stereocenters. The second-order valence-corrected chi connectivity index (χ2v) is 11.8. The molecular formula is C32H29ClN4O4. The maximum atomic E-state index is 13.6. The number of nitrogens with zero attached hydrogens (tertiary/aromatic N) is 3. The lowest BCUT2D eigenvalue weighted by Gasteiger charge is -2.56. The van der Waals surface area contributed by atoms with Gasteiger partial charge in [0, 0.05) is 60.8 Å². The van der Waals surface area contributed by atoms with Crippen LogP contribution in [0.5, 0.6) is 0 Å². The number of hydrogen-bond acceptors (Lipinski definition) is 5. The van der Waals surface area contributed by atoms with Gasteiger partial charge in [-0.25, -0.2) is 0 Å². The van der Waals surface area contributed by atoms with E-state index in [2.05, 4.69) is 34.5 Å². The molecule has 3 unspecified atom stereocenters. The van der Waals surface area contributed by atoms with E-state index in [0.717, 1.165) is 37.2 Å². The molecule has 0 aromatic heterocycles. The molecule has 9 heteroatoms. The van der Waals surface area contributed by atoms with Gasteiger partial charge in [0.05, 0.1) is 0 Å². The van der Waals surface area contributed by atoms with Gasteiger partial charge in [0.25, 0.3) is 11.8 Å². The Morgan fingerprint density at radius 1 is 0.927 bits per heavy atom. The van der Waals surface area contributed by atoms with Crippen molar-refractivity contribution in [2.45, 2.75) is 50.5 Å². The minimum Gasteiger partial charge on any atom is -0.330 e. The van der Waals surface area contributed by atoms with E-state index in [1.807, 2.05) is 29.2 Å². The third-order valence-electron chi connectivity index (χ3n) is 8.84. The van der Waals surface area contributed by atoms with Crippen molar-refractivity contribution in [1.29, 1.82) is 0 Å². The number of carbonyl (C=O) groups is 4. The summed E-state index contributed by atoms with van der Waals surface area (Å²) < 4.78 is 0. The fraction of sp³-hybridized carbons (Fsp3) is 0.312. The number of fused-ring (bicyclic) bond motifs is 3. The number of carbonyl (C=O) groups excluding carboxylic acids is 4. The van der Waals surface area contributed by atoms with E-state index in [9.17, 15) is 19.2 Å². The molecule has 3 aromatic carbocycles. The van der Waals surface area contributed by atoms with Gasteiger partial charge in [-0.1, -0.05) is 48.0 Å². The molecule has 8 nitrogen and oxygen atoms in total. The Kier molecular flexibility index (Phi) is 6.40. The van der Waals surface area contributed by atoms with Crippen LogP contribution in [0.4, 0.5) is 0 Å². The number of hydrogen-bond donors (Lipinski definition) is 1. The minimum absolute atomic E-state index is 0.0119. The summed E-state index contributed by atoms with van der Waals surface area (Å²) in [7, 11) is 0. The van der Waals surface area contributed by atoms with Crippen molar-refractivity contribution in [3.63, 3.8) is 0 Å². The molecule has 3 aromatic rings. The van der Waals surface area contributed by atoms with Crippen LogP contribution in [0.2, 0.25) is 5.02 Å². The molecule has 5 aliphatic rings. The van der Waals surface area contributed by atoms with Crippen molar-refractivity contribution < 1.29 is 19.2 Å². The lowest BCUT2D eigenvalue weighted by Crippen LogP contribution is -2.69. The van der Waals surface area contributed by atoms with Crippen LogP contribution in [0.1, 0.15) is 51.1 Å². The highest BCUT2D eigenvalue weighted by molar-refractivity contribution is 6.30. The Labute approximate surface area is 242 Å². The van der Waals surface area contributed by atoms with Crippen LogP contribution in [0.3, 0.4) is 0 Å². The van der Waals surface area contributed by atoms with Crippen molar-refractivity contribution in [2.75, 3.05) is 13.1 Å². The third kappa shape index (κ3) is 4.61. The maximum Gasteiger partial charge on any atom is 0.255 e. The summed E-state index contributed by atoms with van der Waals surface area (Å²) in [6.45, 7) is 2.69. The molecule has 0 aliphatic carbocycles. The highest BCUT2D eigenvalue weighted by Crippen LogP contribution is 2.36. The number of piperazine rings is 1. The van der Waals surface area contributed by atoms with Gasteiger partial charge in [-0.2, -0.15) is 0 Å². The summed E-state index contributed by atoms with van der Waals surface area (Å²) in [6.07, 6.45) is 1.52. The van der Waals surface area contributed by atoms with E-state index >= 15 is 0 Å². The van der Waals surface area contributed by atoms with Crippen LogP contribution in [0.25, 0.3) is 11.1 Å². The standard InChI is InChI=1S/C32H29ClN4O4/c33-23-8-5-19(6-9-23)26-4-2-1-3-21(26)15-35-17-24-14-25(18-35)37(24)31(40)20-7-10-27-22(13-20)16-36(32(27)41)28-11-12-29(38)34-30(28)39/h1-10,13,24-25,28H,11-12,14-18H2,(H,34,38,39). The molecule has 4 fully saturated rings. The Morgan fingerprint density at radius 3 is 2.44 bits per heavy atom. The maximum absolute atomic E-state index is 13.6. The molecule has 0 radical (unpaired) electrons. The summed E-state index contributed by atoms with van der Waals surface area (Å²) in [5.41, 5.74) is 5.40. The first kappa shape index (κ1) is 25.9. The zero-order valence-electron chi connectivity index (χ0n) is 22.4. The number of rotatable bonds is 5. The van der Waals surface area contributed by atoms with Crippen LogP contribution < -0.4 is 5.32 Å². The molecule has 5 heterocycles. The van der Waals surface area contributed by atoms with Crippen LogP contribution in [-0.4, -0.2) is 69.5 Å². The predicted molar refractivity (Wildman–Crippen MR) is 153 cm³/mol. The molecule has 2 bridgehead atoms. The average molecular weight is 569 g/mol. The van der Waals surface area contributed by atoms with Crippen LogP contribution in [0, 0.1) is 0 Å². The van der Waals surface area contributed by atoms with Crippen LogP contribution in [-0.2, 0) is 22.7 Å². The Hall–Kier alpha value is -4.01. The van der Waals surface area contributed by atoms with Gasteiger partial charge in [-0.15, -0.1) is 0 Å². The van der Waals surface area contributed by atoms with Crippen molar-refractivity contribution in [3.05, 3.63) is 94.0 Å². The molecule has 1 N–H and O–H groups in total. The van der Waals surface area contributed by atoms with E-state index in [1.54, 1.807) is 18.2 Å². The summed E-state index contributed by atoms with van der Waals surface area (Å²) in [5, 5.41) is 3.04. The van der Waals surface area contributed by atoms with Crippen molar-refractivity contribution in [1.82, 2.24) is 20.0 Å².